The molecule has 0 fully saturated rings. The molecule has 0 saturated heterocycles. The van der Waals surface area contributed by atoms with E-state index >= 15 is 0 Å². The van der Waals surface area contributed by atoms with E-state index in [1.165, 1.54) is 0 Å². The van der Waals surface area contributed by atoms with Crippen LogP contribution in [0, 0.1) is 0 Å². The lowest BCUT2D eigenvalue weighted by Crippen LogP contribution is -2.48. The first-order valence-electron chi connectivity index (χ1n) is 15.9. The van der Waals surface area contributed by atoms with E-state index in [-0.39, 0.29) is 25.0 Å². The molecule has 0 spiro atoms. The zero-order valence-corrected chi connectivity index (χ0v) is 27.8. The van der Waals surface area contributed by atoms with Crippen LogP contribution in [0.5, 0.6) is 0 Å². The maximum absolute atomic E-state index is 13.0. The topological polar surface area (TPSA) is 141 Å². The van der Waals surface area contributed by atoms with Crippen molar-refractivity contribution in [1.82, 2.24) is 31.1 Å². The van der Waals surface area contributed by atoms with Gasteiger partial charge in [-0.1, -0.05) is 73.5 Å². The van der Waals surface area contributed by atoms with E-state index < -0.39 is 24.3 Å². The van der Waals surface area contributed by atoms with Crippen molar-refractivity contribution in [2.24, 2.45) is 0 Å². The van der Waals surface area contributed by atoms with Gasteiger partial charge in [0.05, 0.1) is 0 Å². The molecule has 0 unspecified atom stereocenters. The van der Waals surface area contributed by atoms with Crippen molar-refractivity contribution in [3.63, 3.8) is 0 Å². The molecular formula is C34H52N6O6. The number of carbonyl (C=O) groups excluding carboxylic acids is 4. The van der Waals surface area contributed by atoms with Crippen LogP contribution < -0.4 is 21.3 Å². The number of rotatable bonds is 21. The summed E-state index contributed by atoms with van der Waals surface area (Å²) >= 11 is 0. The largest absolute Gasteiger partial charge is 0.445 e. The fraction of sp³-hybridized carbons (Fsp3) is 0.529. The van der Waals surface area contributed by atoms with E-state index in [9.17, 15) is 19.2 Å². The predicted molar refractivity (Wildman–Crippen MR) is 178 cm³/mol. The van der Waals surface area contributed by atoms with Crippen molar-refractivity contribution >= 4 is 24.0 Å². The smallest absolute Gasteiger partial charge is 0.408 e. The Morgan fingerprint density at radius 1 is 0.587 bits per heavy atom. The van der Waals surface area contributed by atoms with Crippen LogP contribution in [0.15, 0.2) is 60.7 Å². The number of amides is 4. The van der Waals surface area contributed by atoms with Crippen LogP contribution in [0.2, 0.25) is 0 Å². The van der Waals surface area contributed by atoms with Gasteiger partial charge in [-0.3, -0.25) is 9.59 Å². The first kappa shape index (κ1) is 38.0. The maximum atomic E-state index is 13.0. The van der Waals surface area contributed by atoms with Gasteiger partial charge in [-0.05, 0) is 78.1 Å². The molecule has 0 aliphatic carbocycles. The highest BCUT2D eigenvalue weighted by atomic mass is 16.6. The quantitative estimate of drug-likeness (QED) is 0.153. The highest BCUT2D eigenvalue weighted by Gasteiger charge is 2.24. The molecule has 0 bridgehead atoms. The summed E-state index contributed by atoms with van der Waals surface area (Å²) in [6.07, 6.45) is 1.85. The standard InChI is InChI=1S/C34H52N6O6/c1-39(2)23-13-21-35-31(41)29(37-33(43)45-25-27-15-7-5-8-16-27)19-11-12-20-30(32(42)36-22-14-24-40(3)4)38-34(44)46-26-28-17-9-6-10-18-28/h5-10,15-18,29-30H,11-14,19-26H2,1-4H3,(H,35,41)(H,36,42)(H,37,43)(H,38,44)/t29-,30-/m0/s1. The van der Waals surface area contributed by atoms with Crippen LogP contribution >= 0.6 is 0 Å². The zero-order valence-electron chi connectivity index (χ0n) is 27.8. The lowest BCUT2D eigenvalue weighted by Gasteiger charge is -2.21. The number of hydrogen-bond donors (Lipinski definition) is 4. The monoisotopic (exact) mass is 640 g/mol. The number of alkyl carbamates (subject to hydrolysis) is 2. The van der Waals surface area contributed by atoms with Gasteiger partial charge in [0, 0.05) is 13.1 Å². The van der Waals surface area contributed by atoms with E-state index in [0.29, 0.717) is 38.8 Å². The molecule has 2 rings (SSSR count). The Morgan fingerprint density at radius 2 is 0.957 bits per heavy atom. The van der Waals surface area contributed by atoms with Crippen molar-refractivity contribution < 1.29 is 28.7 Å². The SMILES string of the molecule is CN(C)CCCNC(=O)[C@H](CCCC[C@H](NC(=O)OCc1ccccc1)C(=O)NCCCN(C)C)NC(=O)OCc1ccccc1. The molecule has 4 amide bonds. The Balaban J connectivity index is 1.94. The molecule has 0 radical (unpaired) electrons. The molecule has 0 aliphatic rings. The molecule has 12 heteroatoms. The number of benzene rings is 2. The average molecular weight is 641 g/mol. The van der Waals surface area contributed by atoms with Crippen LogP contribution in [-0.2, 0) is 32.3 Å². The maximum Gasteiger partial charge on any atom is 0.408 e. The summed E-state index contributed by atoms with van der Waals surface area (Å²) in [6, 6.07) is 17.0. The molecule has 46 heavy (non-hydrogen) atoms. The number of ether oxygens (including phenoxy) is 2. The molecule has 4 N–H and O–H groups in total. The molecule has 2 aromatic carbocycles. The van der Waals surface area contributed by atoms with Gasteiger partial charge in [0.2, 0.25) is 11.8 Å². The lowest BCUT2D eigenvalue weighted by molar-refractivity contribution is -0.124. The van der Waals surface area contributed by atoms with Crippen LogP contribution in [0.25, 0.3) is 0 Å². The second-order valence-electron chi connectivity index (χ2n) is 11.7. The van der Waals surface area contributed by atoms with E-state index in [1.807, 2.05) is 98.7 Å². The number of carbonyl (C=O) groups is 4. The van der Waals surface area contributed by atoms with Gasteiger partial charge in [-0.2, -0.15) is 0 Å². The molecule has 0 aliphatic heterocycles. The summed E-state index contributed by atoms with van der Waals surface area (Å²) < 4.78 is 10.7. The molecular weight excluding hydrogens is 588 g/mol. The number of unbranched alkanes of at least 4 members (excludes halogenated alkanes) is 1. The van der Waals surface area contributed by atoms with Gasteiger partial charge in [0.25, 0.3) is 0 Å². The molecule has 0 aromatic heterocycles. The third kappa shape index (κ3) is 17.4. The van der Waals surface area contributed by atoms with Crippen LogP contribution in [-0.4, -0.2) is 100 Å². The molecule has 0 saturated carbocycles. The normalized spacial score (nSPS) is 12.2. The van der Waals surface area contributed by atoms with Gasteiger partial charge >= 0.3 is 12.2 Å². The summed E-state index contributed by atoms with van der Waals surface area (Å²) in [4.78, 5) is 55.3. The summed E-state index contributed by atoms with van der Waals surface area (Å²) in [5, 5.41) is 11.2. The molecule has 2 atom stereocenters. The minimum atomic E-state index is -0.815. The summed E-state index contributed by atoms with van der Waals surface area (Å²) in [5.41, 5.74) is 1.67. The van der Waals surface area contributed by atoms with Crippen molar-refractivity contribution in [2.45, 2.75) is 63.8 Å². The molecule has 0 heterocycles. The van der Waals surface area contributed by atoms with Crippen LogP contribution in [0.4, 0.5) is 9.59 Å². The van der Waals surface area contributed by atoms with Crippen LogP contribution in [0.3, 0.4) is 0 Å². The van der Waals surface area contributed by atoms with Gasteiger partial charge in [0.1, 0.15) is 25.3 Å². The fourth-order valence-corrected chi connectivity index (χ4v) is 4.51. The van der Waals surface area contributed by atoms with Gasteiger partial charge < -0.3 is 40.5 Å². The predicted octanol–water partition coefficient (Wildman–Crippen LogP) is 3.27. The van der Waals surface area contributed by atoms with Gasteiger partial charge in [-0.25, -0.2) is 9.59 Å². The minimum absolute atomic E-state index is 0.0845. The second-order valence-corrected chi connectivity index (χ2v) is 11.7. The van der Waals surface area contributed by atoms with E-state index in [2.05, 4.69) is 21.3 Å². The third-order valence-electron chi connectivity index (χ3n) is 7.04. The highest BCUT2D eigenvalue weighted by molar-refractivity contribution is 5.86. The molecule has 254 valence electrons. The number of hydrogen-bond acceptors (Lipinski definition) is 8. The van der Waals surface area contributed by atoms with E-state index in [0.717, 1.165) is 37.1 Å². The van der Waals surface area contributed by atoms with Gasteiger partial charge in [-0.15, -0.1) is 0 Å². The zero-order chi connectivity index (χ0) is 33.6. The van der Waals surface area contributed by atoms with Crippen molar-refractivity contribution in [2.75, 3.05) is 54.4 Å². The van der Waals surface area contributed by atoms with Crippen molar-refractivity contribution in [1.29, 1.82) is 0 Å². The first-order chi connectivity index (χ1) is 22.1. The molecule has 12 nitrogen and oxygen atoms in total. The highest BCUT2D eigenvalue weighted by Crippen LogP contribution is 2.10. The Bertz CT molecular complexity index is 1070. The van der Waals surface area contributed by atoms with Crippen molar-refractivity contribution in [3.8, 4) is 0 Å². The number of nitrogens with one attached hydrogen (secondary N) is 4. The Morgan fingerprint density at radius 3 is 1.30 bits per heavy atom. The number of nitrogens with zero attached hydrogens (tertiary/aromatic N) is 2. The Hall–Kier alpha value is -4.16. The van der Waals surface area contributed by atoms with Crippen molar-refractivity contribution in [3.05, 3.63) is 71.8 Å². The first-order valence-corrected chi connectivity index (χ1v) is 15.9. The Kier molecular flexibility index (Phi) is 18.5. The average Bonchev–Trinajstić information content (AvgIpc) is 3.04. The van der Waals surface area contributed by atoms with E-state index in [4.69, 9.17) is 9.47 Å². The summed E-state index contributed by atoms with van der Waals surface area (Å²) in [6.45, 7) is 2.74. The minimum Gasteiger partial charge on any atom is -0.445 e. The lowest BCUT2D eigenvalue weighted by atomic mass is 10.0. The third-order valence-corrected chi connectivity index (χ3v) is 7.04. The van der Waals surface area contributed by atoms with Crippen LogP contribution in [0.1, 0.15) is 49.7 Å². The summed E-state index contributed by atoms with van der Waals surface area (Å²) in [7, 11) is 7.85. The summed E-state index contributed by atoms with van der Waals surface area (Å²) in [5.74, 6) is -0.596. The Labute approximate surface area is 273 Å². The fourth-order valence-electron chi connectivity index (χ4n) is 4.51. The second kappa shape index (κ2) is 22.4. The molecule has 2 aromatic rings. The van der Waals surface area contributed by atoms with Gasteiger partial charge in [0.15, 0.2) is 0 Å². The van der Waals surface area contributed by atoms with E-state index in [1.54, 1.807) is 0 Å².